The van der Waals surface area contributed by atoms with E-state index < -0.39 is 4.92 Å². The Bertz CT molecular complexity index is 496. The van der Waals surface area contributed by atoms with Crippen LogP contribution in [0.5, 0.6) is 0 Å². The summed E-state index contributed by atoms with van der Waals surface area (Å²) in [6, 6.07) is 4.88. The van der Waals surface area contributed by atoms with Gasteiger partial charge in [-0.1, -0.05) is 6.07 Å². The van der Waals surface area contributed by atoms with Crippen LogP contribution < -0.4 is 10.6 Å². The Kier molecular flexibility index (Phi) is 4.11. The van der Waals surface area contributed by atoms with E-state index in [1.807, 2.05) is 6.92 Å². The lowest BCUT2D eigenvalue weighted by atomic mass is 10.1. The predicted octanol–water partition coefficient (Wildman–Crippen LogP) is 1.98. The predicted molar refractivity (Wildman–Crippen MR) is 72.1 cm³/mol. The average molecular weight is 263 g/mol. The molecule has 0 bridgehead atoms. The van der Waals surface area contributed by atoms with Crippen molar-refractivity contribution in [1.82, 2.24) is 5.32 Å². The molecule has 0 saturated carbocycles. The largest absolute Gasteiger partial charge is 0.320 e. The number of hydrogen-bond acceptors (Lipinski definition) is 4. The molecular weight excluding hydrogens is 246 g/mol. The molecule has 19 heavy (non-hydrogen) atoms. The molecule has 1 aliphatic heterocycles. The van der Waals surface area contributed by atoms with E-state index in [9.17, 15) is 14.9 Å². The van der Waals surface area contributed by atoms with E-state index in [-0.39, 0.29) is 23.3 Å². The lowest BCUT2D eigenvalue weighted by Gasteiger charge is -2.11. The number of carbonyl (C=O) groups is 1. The fourth-order valence-corrected chi connectivity index (χ4v) is 2.27. The number of carbonyl (C=O) groups excluding carboxylic acids is 1. The first kappa shape index (κ1) is 13.5. The maximum atomic E-state index is 11.9. The third kappa shape index (κ3) is 3.51. The summed E-state index contributed by atoms with van der Waals surface area (Å²) >= 11 is 0. The van der Waals surface area contributed by atoms with Crippen LogP contribution in [0.25, 0.3) is 0 Å². The van der Waals surface area contributed by atoms with E-state index >= 15 is 0 Å². The first-order chi connectivity index (χ1) is 9.06. The molecule has 1 fully saturated rings. The monoisotopic (exact) mass is 263 g/mol. The molecule has 1 atom stereocenters. The average Bonchev–Trinajstić information content (AvgIpc) is 2.81. The summed E-state index contributed by atoms with van der Waals surface area (Å²) in [5.74, 6) is -0.187. The molecule has 1 saturated heterocycles. The first-order valence-corrected chi connectivity index (χ1v) is 6.34. The van der Waals surface area contributed by atoms with E-state index in [1.165, 1.54) is 6.07 Å². The van der Waals surface area contributed by atoms with E-state index in [0.717, 1.165) is 24.9 Å². The summed E-state index contributed by atoms with van der Waals surface area (Å²) < 4.78 is 0. The van der Waals surface area contributed by atoms with Crippen LogP contribution in [0.4, 0.5) is 11.4 Å². The molecule has 1 heterocycles. The molecule has 0 aliphatic carbocycles. The van der Waals surface area contributed by atoms with Crippen LogP contribution in [0.2, 0.25) is 0 Å². The second kappa shape index (κ2) is 5.79. The Morgan fingerprint density at radius 3 is 3.00 bits per heavy atom. The highest BCUT2D eigenvalue weighted by Gasteiger charge is 2.20. The van der Waals surface area contributed by atoms with Crippen LogP contribution in [0.3, 0.4) is 0 Å². The zero-order chi connectivity index (χ0) is 13.8. The number of rotatable bonds is 4. The number of amides is 1. The van der Waals surface area contributed by atoms with Crippen molar-refractivity contribution in [2.45, 2.75) is 32.2 Å². The smallest absolute Gasteiger partial charge is 0.292 e. The highest BCUT2D eigenvalue weighted by molar-refractivity contribution is 5.93. The van der Waals surface area contributed by atoms with E-state index in [2.05, 4.69) is 10.6 Å². The summed E-state index contributed by atoms with van der Waals surface area (Å²) in [5.41, 5.74) is 1.08. The van der Waals surface area contributed by atoms with Crippen LogP contribution in [-0.2, 0) is 4.79 Å². The highest BCUT2D eigenvalue weighted by atomic mass is 16.6. The number of hydrogen-bond donors (Lipinski definition) is 2. The van der Waals surface area contributed by atoms with Gasteiger partial charge in [-0.3, -0.25) is 14.9 Å². The van der Waals surface area contributed by atoms with Crippen molar-refractivity contribution in [3.63, 3.8) is 0 Å². The van der Waals surface area contributed by atoms with Gasteiger partial charge in [0, 0.05) is 18.5 Å². The van der Waals surface area contributed by atoms with E-state index in [0.29, 0.717) is 6.42 Å². The topological polar surface area (TPSA) is 84.3 Å². The third-order valence-electron chi connectivity index (χ3n) is 3.22. The zero-order valence-corrected chi connectivity index (χ0v) is 10.8. The Morgan fingerprint density at radius 1 is 1.58 bits per heavy atom. The Labute approximate surface area is 111 Å². The maximum absolute atomic E-state index is 11.9. The van der Waals surface area contributed by atoms with Gasteiger partial charge in [-0.15, -0.1) is 0 Å². The van der Waals surface area contributed by atoms with Gasteiger partial charge in [0.25, 0.3) is 5.69 Å². The summed E-state index contributed by atoms with van der Waals surface area (Å²) in [6.07, 6.45) is 2.40. The van der Waals surface area contributed by atoms with Crippen molar-refractivity contribution < 1.29 is 9.72 Å². The molecule has 0 aromatic heterocycles. The van der Waals surface area contributed by atoms with Crippen molar-refractivity contribution in [2.75, 3.05) is 11.9 Å². The van der Waals surface area contributed by atoms with Crippen LogP contribution in [0.1, 0.15) is 24.8 Å². The van der Waals surface area contributed by atoms with Crippen LogP contribution >= 0.6 is 0 Å². The Morgan fingerprint density at radius 2 is 2.37 bits per heavy atom. The second-order valence-electron chi connectivity index (χ2n) is 4.82. The van der Waals surface area contributed by atoms with Gasteiger partial charge in [-0.05, 0) is 37.9 Å². The zero-order valence-electron chi connectivity index (χ0n) is 10.8. The maximum Gasteiger partial charge on any atom is 0.292 e. The standard InChI is InChI=1S/C13H17N3O3/c1-9-4-5-12(16(18)19)11(7-9)15-13(17)8-10-3-2-6-14-10/h4-5,7,10,14H,2-3,6,8H2,1H3,(H,15,17). The molecule has 1 aromatic carbocycles. The number of nitro groups is 1. The quantitative estimate of drug-likeness (QED) is 0.642. The molecule has 2 rings (SSSR count). The van der Waals surface area contributed by atoms with Gasteiger partial charge >= 0.3 is 0 Å². The Balaban J connectivity index is 2.06. The molecule has 2 N–H and O–H groups in total. The van der Waals surface area contributed by atoms with Crippen molar-refractivity contribution in [2.24, 2.45) is 0 Å². The molecule has 1 amide bonds. The van der Waals surface area contributed by atoms with Crippen LogP contribution in [-0.4, -0.2) is 23.4 Å². The lowest BCUT2D eigenvalue weighted by Crippen LogP contribution is -2.27. The number of nitrogens with zero attached hydrogens (tertiary/aromatic N) is 1. The minimum atomic E-state index is -0.483. The molecule has 6 nitrogen and oxygen atoms in total. The molecule has 1 aromatic rings. The minimum Gasteiger partial charge on any atom is -0.320 e. The molecule has 0 radical (unpaired) electrons. The van der Waals surface area contributed by atoms with Crippen LogP contribution in [0.15, 0.2) is 18.2 Å². The molecule has 102 valence electrons. The molecule has 0 spiro atoms. The third-order valence-corrected chi connectivity index (χ3v) is 3.22. The van der Waals surface area contributed by atoms with Gasteiger partial charge in [0.2, 0.25) is 5.91 Å². The van der Waals surface area contributed by atoms with Gasteiger partial charge in [0.1, 0.15) is 5.69 Å². The fourth-order valence-electron chi connectivity index (χ4n) is 2.27. The van der Waals surface area contributed by atoms with Crippen LogP contribution in [0, 0.1) is 17.0 Å². The number of aryl methyl sites for hydroxylation is 1. The van der Waals surface area contributed by atoms with Gasteiger partial charge in [-0.25, -0.2) is 0 Å². The number of nitrogens with one attached hydrogen (secondary N) is 2. The van der Waals surface area contributed by atoms with Crippen molar-refractivity contribution in [1.29, 1.82) is 0 Å². The highest BCUT2D eigenvalue weighted by Crippen LogP contribution is 2.25. The number of anilines is 1. The SMILES string of the molecule is Cc1ccc([N+](=O)[O-])c(NC(=O)CC2CCCN2)c1. The molecule has 1 aliphatic rings. The Hall–Kier alpha value is -1.95. The molecule has 1 unspecified atom stereocenters. The normalized spacial score (nSPS) is 18.3. The summed E-state index contributed by atoms with van der Waals surface area (Å²) in [7, 11) is 0. The summed E-state index contributed by atoms with van der Waals surface area (Å²) in [5, 5.41) is 16.8. The van der Waals surface area contributed by atoms with Crippen molar-refractivity contribution in [3.05, 3.63) is 33.9 Å². The van der Waals surface area contributed by atoms with Gasteiger partial charge in [-0.2, -0.15) is 0 Å². The van der Waals surface area contributed by atoms with Gasteiger partial charge in [0.15, 0.2) is 0 Å². The van der Waals surface area contributed by atoms with Gasteiger partial charge in [0.05, 0.1) is 4.92 Å². The van der Waals surface area contributed by atoms with Crippen molar-refractivity contribution >= 4 is 17.3 Å². The first-order valence-electron chi connectivity index (χ1n) is 6.34. The summed E-state index contributed by atoms with van der Waals surface area (Å²) in [4.78, 5) is 22.3. The van der Waals surface area contributed by atoms with Crippen molar-refractivity contribution in [3.8, 4) is 0 Å². The molecular formula is C13H17N3O3. The van der Waals surface area contributed by atoms with Gasteiger partial charge < -0.3 is 10.6 Å². The van der Waals surface area contributed by atoms with E-state index in [1.54, 1.807) is 12.1 Å². The molecule has 6 heteroatoms. The summed E-state index contributed by atoms with van der Waals surface area (Å²) in [6.45, 7) is 2.76. The number of benzene rings is 1. The fraction of sp³-hybridized carbons (Fsp3) is 0.462. The number of nitro benzene ring substituents is 1. The van der Waals surface area contributed by atoms with E-state index in [4.69, 9.17) is 0 Å². The minimum absolute atomic E-state index is 0.0710. The second-order valence-corrected chi connectivity index (χ2v) is 4.82. The lowest BCUT2D eigenvalue weighted by molar-refractivity contribution is -0.383.